The minimum absolute atomic E-state index is 0.0941. The van der Waals surface area contributed by atoms with Gasteiger partial charge in [0, 0.05) is 90.3 Å². The van der Waals surface area contributed by atoms with Crippen LogP contribution in [0.3, 0.4) is 0 Å². The molecule has 0 bridgehead atoms. The minimum atomic E-state index is -0.339. The molecular formula is C72H48N8O2. The third-order valence-corrected chi connectivity index (χ3v) is 14.9. The Morgan fingerprint density at radius 1 is 0.354 bits per heavy atom. The molecule has 10 heteroatoms. The van der Waals surface area contributed by atoms with Crippen molar-refractivity contribution in [3.8, 4) is 90.3 Å². The van der Waals surface area contributed by atoms with Crippen molar-refractivity contribution in [2.24, 2.45) is 0 Å². The van der Waals surface area contributed by atoms with Gasteiger partial charge >= 0.3 is 0 Å². The van der Waals surface area contributed by atoms with Gasteiger partial charge in [-0.3, -0.25) is 10.1 Å². The molecule has 0 aliphatic carbocycles. The van der Waals surface area contributed by atoms with Gasteiger partial charge in [0.05, 0.1) is 49.8 Å². The van der Waals surface area contributed by atoms with E-state index in [0.717, 1.165) is 95.0 Å². The van der Waals surface area contributed by atoms with Crippen LogP contribution in [0.1, 0.15) is 0 Å². The Labute approximate surface area is 471 Å². The van der Waals surface area contributed by atoms with Crippen LogP contribution in [0, 0.1) is 10.1 Å². The fraction of sp³-hybridized carbons (Fsp3) is 0. The first kappa shape index (κ1) is 49.0. The van der Waals surface area contributed by atoms with Crippen molar-refractivity contribution >= 4 is 49.3 Å². The van der Waals surface area contributed by atoms with E-state index in [-0.39, 0.29) is 10.6 Å². The van der Waals surface area contributed by atoms with E-state index in [1.165, 1.54) is 27.7 Å². The van der Waals surface area contributed by atoms with Crippen LogP contribution in [-0.2, 0) is 0 Å². The molecule has 5 heterocycles. The highest BCUT2D eigenvalue weighted by Crippen LogP contribution is 2.37. The summed E-state index contributed by atoms with van der Waals surface area (Å²) < 4.78 is 4.35. The smallest absolute Gasteiger partial charge is 0.277 e. The van der Waals surface area contributed by atoms with Crippen molar-refractivity contribution in [1.29, 1.82) is 0 Å². The predicted octanol–water partition coefficient (Wildman–Crippen LogP) is 18.1. The Hall–Kier alpha value is -11.4. The van der Waals surface area contributed by atoms with Gasteiger partial charge in [-0.25, -0.2) is 19.9 Å². The number of hydrogen-bond donors (Lipinski definition) is 1. The zero-order valence-electron chi connectivity index (χ0n) is 44.1. The third-order valence-electron chi connectivity index (χ3n) is 14.9. The molecule has 0 atom stereocenters. The molecule has 10 aromatic carbocycles. The Bertz CT molecular complexity index is 4730. The van der Waals surface area contributed by atoms with E-state index in [9.17, 15) is 10.1 Å². The lowest BCUT2D eigenvalue weighted by atomic mass is 10.0. The number of nitro groups is 1. The predicted molar refractivity (Wildman–Crippen MR) is 332 cm³/mol. The maximum absolute atomic E-state index is 11.6. The number of nitrogens with zero attached hydrogens (tertiary/aromatic N) is 7. The van der Waals surface area contributed by atoms with Crippen LogP contribution in [0.15, 0.2) is 285 Å². The monoisotopic (exact) mass is 1060 g/mol. The first-order valence-corrected chi connectivity index (χ1v) is 27.0. The normalized spacial score (nSPS) is 11.3. The van der Waals surface area contributed by atoms with E-state index in [0.29, 0.717) is 17.2 Å². The highest BCUT2D eigenvalue weighted by molar-refractivity contribution is 6.16. The summed E-state index contributed by atoms with van der Waals surface area (Å²) in [5.41, 5.74) is 17.6. The van der Waals surface area contributed by atoms with Crippen LogP contribution in [0.25, 0.3) is 134 Å². The Balaban J connectivity index is 0.000000147. The van der Waals surface area contributed by atoms with E-state index in [1.807, 2.05) is 128 Å². The van der Waals surface area contributed by atoms with E-state index >= 15 is 0 Å². The number of H-pyrrole nitrogens is 1. The second kappa shape index (κ2) is 21.1. The number of aromatic nitrogens is 7. The number of benzene rings is 10. The molecule has 0 radical (unpaired) electrons. The lowest BCUT2D eigenvalue weighted by molar-refractivity contribution is -0.384. The van der Waals surface area contributed by atoms with Crippen LogP contribution >= 0.6 is 0 Å². The van der Waals surface area contributed by atoms with Gasteiger partial charge < -0.3 is 14.1 Å². The molecule has 388 valence electrons. The van der Waals surface area contributed by atoms with Crippen LogP contribution < -0.4 is 0 Å². The molecule has 0 unspecified atom stereocenters. The Morgan fingerprint density at radius 3 is 1.37 bits per heavy atom. The number of hydrogen-bond acceptors (Lipinski definition) is 6. The van der Waals surface area contributed by atoms with Crippen molar-refractivity contribution in [2.45, 2.75) is 0 Å². The number of para-hydroxylation sites is 2. The maximum atomic E-state index is 11.6. The third kappa shape index (κ3) is 9.41. The van der Waals surface area contributed by atoms with Gasteiger partial charge in [-0.15, -0.1) is 0 Å². The summed E-state index contributed by atoms with van der Waals surface area (Å²) in [6.07, 6.45) is 4.16. The summed E-state index contributed by atoms with van der Waals surface area (Å²) >= 11 is 0. The van der Waals surface area contributed by atoms with Crippen molar-refractivity contribution in [3.63, 3.8) is 0 Å². The number of nitrogens with one attached hydrogen (secondary N) is 1. The molecule has 0 fully saturated rings. The van der Waals surface area contributed by atoms with Gasteiger partial charge in [0.15, 0.2) is 11.6 Å². The topological polar surface area (TPSA) is 120 Å². The lowest BCUT2D eigenvalue weighted by Gasteiger charge is -2.11. The average Bonchev–Trinajstić information content (AvgIpc) is 4.50. The summed E-state index contributed by atoms with van der Waals surface area (Å²) in [5, 5.41) is 16.3. The quantitative estimate of drug-likeness (QED) is 0.108. The van der Waals surface area contributed by atoms with Gasteiger partial charge in [0.2, 0.25) is 0 Å². The van der Waals surface area contributed by atoms with Crippen LogP contribution in [0.2, 0.25) is 0 Å². The Morgan fingerprint density at radius 2 is 0.817 bits per heavy atom. The number of rotatable bonds is 10. The highest BCUT2D eigenvalue weighted by Gasteiger charge is 2.18. The van der Waals surface area contributed by atoms with Gasteiger partial charge in [-0.1, -0.05) is 188 Å². The zero-order valence-corrected chi connectivity index (χ0v) is 44.1. The maximum Gasteiger partial charge on any atom is 0.277 e. The fourth-order valence-corrected chi connectivity index (χ4v) is 10.9. The first-order valence-electron chi connectivity index (χ1n) is 27.0. The molecule has 5 aromatic heterocycles. The number of nitro benzene ring substituents is 1. The van der Waals surface area contributed by atoms with Crippen molar-refractivity contribution in [2.75, 3.05) is 0 Å². The molecule has 0 amide bonds. The molecule has 0 saturated heterocycles. The molecule has 0 aliphatic rings. The van der Waals surface area contributed by atoms with E-state index in [4.69, 9.17) is 19.9 Å². The first-order chi connectivity index (χ1) is 40.5. The summed E-state index contributed by atoms with van der Waals surface area (Å²) in [5.74, 6) is 1.35. The molecule has 15 aromatic rings. The van der Waals surface area contributed by atoms with Crippen LogP contribution in [0.4, 0.5) is 5.69 Å². The molecule has 0 spiro atoms. The molecule has 10 nitrogen and oxygen atoms in total. The fourth-order valence-electron chi connectivity index (χ4n) is 10.9. The van der Waals surface area contributed by atoms with E-state index in [1.54, 1.807) is 12.1 Å². The molecule has 1 N–H and O–H groups in total. The van der Waals surface area contributed by atoms with Crippen molar-refractivity contribution in [3.05, 3.63) is 295 Å². The van der Waals surface area contributed by atoms with Crippen molar-refractivity contribution in [1.82, 2.24) is 34.1 Å². The van der Waals surface area contributed by atoms with Gasteiger partial charge in [-0.05, 0) is 84.4 Å². The number of aromatic amines is 1. The summed E-state index contributed by atoms with van der Waals surface area (Å²) in [7, 11) is 0. The standard InChI is InChI=1S/C36H24N4O2.C36H24N4/c41-40(42)35-17-8-7-16-31(35)27-18-19-34-28(22-27)20-21-39(34)30-15-9-14-29(23-30)36-37-32(25-10-3-1-4-11-25)24-33(38-36)26-12-5-2-6-13-26;1-3-10-24(11-4-1)32-23-33(25-12-5-2-6-13-25)39-36(38-32)26-14-9-15-27(22-26)40-21-20-30-34(40)19-18-29-28-16-7-8-17-31(28)37-35(29)30/h1-24H;1-23,37H. The second-order valence-corrected chi connectivity index (χ2v) is 20.0. The zero-order chi connectivity index (χ0) is 54.9. The summed E-state index contributed by atoms with van der Waals surface area (Å²) in [6, 6.07) is 91.5. The molecular weight excluding hydrogens is 1010 g/mol. The lowest BCUT2D eigenvalue weighted by Crippen LogP contribution is -1.97. The van der Waals surface area contributed by atoms with Crippen molar-refractivity contribution < 1.29 is 4.92 Å². The number of fused-ring (bicyclic) bond motifs is 6. The minimum Gasteiger partial charge on any atom is -0.354 e. The second-order valence-electron chi connectivity index (χ2n) is 20.0. The molecule has 15 rings (SSSR count). The molecule has 0 aliphatic heterocycles. The summed E-state index contributed by atoms with van der Waals surface area (Å²) in [4.78, 5) is 34.9. The van der Waals surface area contributed by atoms with Gasteiger partial charge in [0.1, 0.15) is 0 Å². The van der Waals surface area contributed by atoms with Gasteiger partial charge in [0.25, 0.3) is 5.69 Å². The molecule has 0 saturated carbocycles. The SMILES string of the molecule is O=[N+]([O-])c1ccccc1-c1ccc2c(ccn2-c2cccc(-c3nc(-c4ccccc4)cc(-c4ccccc4)n3)c2)c1.c1ccc(-c2cc(-c3ccccc3)nc(-c3cccc(-n4ccc5c6[nH]c7ccccc7c6ccc54)c3)n2)cc1. The van der Waals surface area contributed by atoms with Gasteiger partial charge in [-0.2, -0.15) is 0 Å². The van der Waals surface area contributed by atoms with E-state index < -0.39 is 0 Å². The Kier molecular flexibility index (Phi) is 12.6. The van der Waals surface area contributed by atoms with Crippen LogP contribution in [0.5, 0.6) is 0 Å². The highest BCUT2D eigenvalue weighted by atomic mass is 16.6. The average molecular weight is 1060 g/mol. The largest absolute Gasteiger partial charge is 0.354 e. The van der Waals surface area contributed by atoms with E-state index in [2.05, 4.69) is 154 Å². The molecule has 82 heavy (non-hydrogen) atoms. The summed E-state index contributed by atoms with van der Waals surface area (Å²) in [6.45, 7) is 0. The van der Waals surface area contributed by atoms with Crippen LogP contribution in [-0.4, -0.2) is 39.0 Å².